The third-order valence-electron chi connectivity index (χ3n) is 1.78. The number of nitrogens with two attached hydrogens (primary N) is 1. The summed E-state index contributed by atoms with van der Waals surface area (Å²) in [5.74, 6) is 0.736. The second-order valence-corrected chi connectivity index (χ2v) is 3.64. The zero-order chi connectivity index (χ0) is 8.69. The predicted octanol–water partition coefficient (Wildman–Crippen LogP) is 1.36. The van der Waals surface area contributed by atoms with Gasteiger partial charge in [-0.05, 0) is 38.8 Å². The first-order valence-corrected chi connectivity index (χ1v) is 4.57. The monoisotopic (exact) mass is 158 g/mol. The first kappa shape index (κ1) is 10.9. The number of hydrogen-bond donors (Lipinski definition) is 2. The summed E-state index contributed by atoms with van der Waals surface area (Å²) in [6, 6.07) is 0.406. The van der Waals surface area contributed by atoms with Gasteiger partial charge in [-0.25, -0.2) is 0 Å². The summed E-state index contributed by atoms with van der Waals surface area (Å²) in [7, 11) is 1.98. The third kappa shape index (κ3) is 7.82. The van der Waals surface area contributed by atoms with Crippen LogP contribution in [0.2, 0.25) is 0 Å². The summed E-state index contributed by atoms with van der Waals surface area (Å²) < 4.78 is 0. The SMILES string of the molecule is CNCCCC(N)CC(C)C. The van der Waals surface area contributed by atoms with E-state index in [9.17, 15) is 0 Å². The first-order chi connectivity index (χ1) is 5.16. The van der Waals surface area contributed by atoms with Crippen LogP contribution in [-0.4, -0.2) is 19.6 Å². The van der Waals surface area contributed by atoms with E-state index in [1.807, 2.05) is 7.05 Å². The average Bonchev–Trinajstić information content (AvgIpc) is 1.86. The van der Waals surface area contributed by atoms with E-state index in [2.05, 4.69) is 19.2 Å². The van der Waals surface area contributed by atoms with Gasteiger partial charge in [-0.1, -0.05) is 13.8 Å². The molecule has 0 aliphatic heterocycles. The van der Waals surface area contributed by atoms with E-state index in [-0.39, 0.29) is 0 Å². The van der Waals surface area contributed by atoms with Gasteiger partial charge in [-0.3, -0.25) is 0 Å². The maximum Gasteiger partial charge on any atom is 0.00417 e. The number of nitrogens with one attached hydrogen (secondary N) is 1. The number of rotatable bonds is 6. The van der Waals surface area contributed by atoms with Crippen molar-refractivity contribution in [3.05, 3.63) is 0 Å². The molecule has 0 aromatic carbocycles. The second kappa shape index (κ2) is 6.62. The van der Waals surface area contributed by atoms with Crippen molar-refractivity contribution in [2.45, 2.75) is 39.2 Å². The highest BCUT2D eigenvalue weighted by molar-refractivity contribution is 4.63. The van der Waals surface area contributed by atoms with Gasteiger partial charge in [-0.2, -0.15) is 0 Å². The quantitative estimate of drug-likeness (QED) is 0.573. The molecule has 0 spiro atoms. The molecule has 0 aliphatic rings. The van der Waals surface area contributed by atoms with Crippen molar-refractivity contribution < 1.29 is 0 Å². The Bertz CT molecular complexity index is 81.6. The van der Waals surface area contributed by atoms with E-state index in [4.69, 9.17) is 5.73 Å². The molecule has 3 N–H and O–H groups in total. The summed E-state index contributed by atoms with van der Waals surface area (Å²) in [6.07, 6.45) is 3.51. The molecule has 11 heavy (non-hydrogen) atoms. The topological polar surface area (TPSA) is 38.0 Å². The normalized spacial score (nSPS) is 13.9. The van der Waals surface area contributed by atoms with Crippen molar-refractivity contribution in [1.82, 2.24) is 5.32 Å². The van der Waals surface area contributed by atoms with E-state index in [0.717, 1.165) is 25.3 Å². The van der Waals surface area contributed by atoms with Gasteiger partial charge in [0, 0.05) is 6.04 Å². The Morgan fingerprint density at radius 2 is 2.00 bits per heavy atom. The smallest absolute Gasteiger partial charge is 0.00417 e. The van der Waals surface area contributed by atoms with Crippen molar-refractivity contribution in [3.8, 4) is 0 Å². The lowest BCUT2D eigenvalue weighted by atomic mass is 10.0. The molecule has 0 amide bonds. The van der Waals surface area contributed by atoms with Crippen LogP contribution in [0, 0.1) is 5.92 Å². The molecule has 0 fully saturated rings. The van der Waals surface area contributed by atoms with Gasteiger partial charge < -0.3 is 11.1 Å². The summed E-state index contributed by atoms with van der Waals surface area (Å²) in [5.41, 5.74) is 5.89. The Hall–Kier alpha value is -0.0800. The molecule has 2 heteroatoms. The van der Waals surface area contributed by atoms with Crippen LogP contribution in [0.5, 0.6) is 0 Å². The van der Waals surface area contributed by atoms with Crippen LogP contribution in [0.15, 0.2) is 0 Å². The van der Waals surface area contributed by atoms with Gasteiger partial charge in [0.25, 0.3) is 0 Å². The Kier molecular flexibility index (Phi) is 6.57. The zero-order valence-corrected chi connectivity index (χ0v) is 8.06. The summed E-state index contributed by atoms with van der Waals surface area (Å²) in [6.45, 7) is 5.53. The van der Waals surface area contributed by atoms with Crippen LogP contribution in [-0.2, 0) is 0 Å². The lowest BCUT2D eigenvalue weighted by molar-refractivity contribution is 0.460. The Balaban J connectivity index is 3.15. The van der Waals surface area contributed by atoms with Gasteiger partial charge in [-0.15, -0.1) is 0 Å². The van der Waals surface area contributed by atoms with Crippen LogP contribution in [0.25, 0.3) is 0 Å². The van der Waals surface area contributed by atoms with Crippen LogP contribution >= 0.6 is 0 Å². The standard InChI is InChI=1S/C9H22N2/c1-8(2)7-9(10)5-4-6-11-3/h8-9,11H,4-7,10H2,1-3H3. The minimum absolute atomic E-state index is 0.406. The van der Waals surface area contributed by atoms with Crippen LogP contribution < -0.4 is 11.1 Å². The van der Waals surface area contributed by atoms with Crippen molar-refractivity contribution in [2.24, 2.45) is 11.7 Å². The van der Waals surface area contributed by atoms with Gasteiger partial charge in [0.2, 0.25) is 0 Å². The van der Waals surface area contributed by atoms with E-state index >= 15 is 0 Å². The van der Waals surface area contributed by atoms with Crippen LogP contribution in [0.4, 0.5) is 0 Å². The van der Waals surface area contributed by atoms with E-state index in [0.29, 0.717) is 6.04 Å². The van der Waals surface area contributed by atoms with E-state index in [1.165, 1.54) is 6.42 Å². The molecule has 68 valence electrons. The highest BCUT2D eigenvalue weighted by Crippen LogP contribution is 2.06. The zero-order valence-electron chi connectivity index (χ0n) is 8.06. The van der Waals surface area contributed by atoms with Gasteiger partial charge >= 0.3 is 0 Å². The van der Waals surface area contributed by atoms with E-state index in [1.54, 1.807) is 0 Å². The fourth-order valence-corrected chi connectivity index (χ4v) is 1.26. The van der Waals surface area contributed by atoms with Crippen LogP contribution in [0.1, 0.15) is 33.1 Å². The van der Waals surface area contributed by atoms with Crippen LogP contribution in [0.3, 0.4) is 0 Å². The maximum absolute atomic E-state index is 5.89. The highest BCUT2D eigenvalue weighted by atomic mass is 14.8. The fourth-order valence-electron chi connectivity index (χ4n) is 1.26. The second-order valence-electron chi connectivity index (χ2n) is 3.64. The molecule has 0 aromatic rings. The molecule has 0 aliphatic carbocycles. The lowest BCUT2D eigenvalue weighted by Crippen LogP contribution is -2.23. The minimum atomic E-state index is 0.406. The minimum Gasteiger partial charge on any atom is -0.328 e. The molecule has 0 radical (unpaired) electrons. The molecular formula is C9H22N2. The molecular weight excluding hydrogens is 136 g/mol. The fraction of sp³-hybridized carbons (Fsp3) is 1.00. The molecule has 0 saturated heterocycles. The van der Waals surface area contributed by atoms with Gasteiger partial charge in [0.15, 0.2) is 0 Å². The molecule has 0 heterocycles. The largest absolute Gasteiger partial charge is 0.328 e. The molecule has 0 rings (SSSR count). The molecule has 0 aromatic heterocycles. The average molecular weight is 158 g/mol. The highest BCUT2D eigenvalue weighted by Gasteiger charge is 2.03. The molecule has 0 bridgehead atoms. The van der Waals surface area contributed by atoms with Gasteiger partial charge in [0.05, 0.1) is 0 Å². The number of hydrogen-bond acceptors (Lipinski definition) is 2. The molecule has 2 nitrogen and oxygen atoms in total. The molecule has 1 unspecified atom stereocenters. The lowest BCUT2D eigenvalue weighted by Gasteiger charge is -2.13. The van der Waals surface area contributed by atoms with Gasteiger partial charge in [0.1, 0.15) is 0 Å². The predicted molar refractivity (Wildman–Crippen MR) is 50.6 cm³/mol. The molecule has 1 atom stereocenters. The van der Waals surface area contributed by atoms with Crippen molar-refractivity contribution in [1.29, 1.82) is 0 Å². The Morgan fingerprint density at radius 3 is 2.45 bits per heavy atom. The van der Waals surface area contributed by atoms with E-state index < -0.39 is 0 Å². The first-order valence-electron chi connectivity index (χ1n) is 4.57. The summed E-state index contributed by atoms with van der Waals surface area (Å²) in [4.78, 5) is 0. The van der Waals surface area contributed by atoms with Crippen molar-refractivity contribution in [3.63, 3.8) is 0 Å². The Labute approximate surface area is 70.5 Å². The third-order valence-corrected chi connectivity index (χ3v) is 1.78. The van der Waals surface area contributed by atoms with Crippen molar-refractivity contribution in [2.75, 3.05) is 13.6 Å². The summed E-state index contributed by atoms with van der Waals surface area (Å²) in [5, 5.41) is 3.12. The summed E-state index contributed by atoms with van der Waals surface area (Å²) >= 11 is 0. The molecule has 0 saturated carbocycles. The van der Waals surface area contributed by atoms with Crippen molar-refractivity contribution >= 4 is 0 Å². The maximum atomic E-state index is 5.89. The Morgan fingerprint density at radius 1 is 1.36 bits per heavy atom.